The second-order valence-electron chi connectivity index (χ2n) is 10.0. The van der Waals surface area contributed by atoms with Gasteiger partial charge in [0, 0.05) is 31.2 Å². The van der Waals surface area contributed by atoms with Crippen molar-refractivity contribution in [2.75, 3.05) is 5.73 Å². The number of rotatable bonds is 3. The summed E-state index contributed by atoms with van der Waals surface area (Å²) in [6, 6.07) is 4.17. The van der Waals surface area contributed by atoms with Crippen molar-refractivity contribution in [3.63, 3.8) is 0 Å². The molecule has 4 N–H and O–H groups in total. The predicted molar refractivity (Wildman–Crippen MR) is 148 cm³/mol. The number of pyridine rings is 1. The van der Waals surface area contributed by atoms with Crippen molar-refractivity contribution in [1.82, 2.24) is 24.7 Å². The number of hydrogen-bond donors (Lipinski definition) is 3. The summed E-state index contributed by atoms with van der Waals surface area (Å²) in [5.74, 6) is -0.738. The lowest BCUT2D eigenvalue weighted by Crippen LogP contribution is -2.30. The van der Waals surface area contributed by atoms with Crippen LogP contribution in [0.5, 0.6) is 0 Å². The Balaban J connectivity index is 0.000000231. The van der Waals surface area contributed by atoms with E-state index in [1.54, 1.807) is 24.4 Å². The molecule has 0 saturated heterocycles. The van der Waals surface area contributed by atoms with Gasteiger partial charge < -0.3 is 15.4 Å². The highest BCUT2D eigenvalue weighted by Crippen LogP contribution is 2.30. The Morgan fingerprint density at radius 1 is 1.00 bits per heavy atom. The lowest BCUT2D eigenvalue weighted by Gasteiger charge is -2.21. The smallest absolute Gasteiger partial charge is 0.397 e. The van der Waals surface area contributed by atoms with E-state index < -0.39 is 40.8 Å². The first kappa shape index (κ1) is 33.2. The van der Waals surface area contributed by atoms with E-state index in [1.165, 1.54) is 49.2 Å². The van der Waals surface area contributed by atoms with Crippen LogP contribution in [0.3, 0.4) is 0 Å². The van der Waals surface area contributed by atoms with Crippen molar-refractivity contribution >= 4 is 16.5 Å². The number of nitrogens with one attached hydrogen (secondary N) is 1. The number of halogens is 6. The lowest BCUT2D eigenvalue weighted by molar-refractivity contribution is -0.138. The number of benzene rings is 1. The first-order valence-electron chi connectivity index (χ1n) is 13.2. The summed E-state index contributed by atoms with van der Waals surface area (Å²) >= 11 is 0. The van der Waals surface area contributed by atoms with Crippen LogP contribution in [0.25, 0.3) is 22.2 Å². The molecule has 0 bridgehead atoms. The Morgan fingerprint density at radius 2 is 1.56 bits per heavy atom. The Hall–Kier alpha value is -4.27. The van der Waals surface area contributed by atoms with Crippen molar-refractivity contribution in [1.29, 1.82) is 0 Å². The molecule has 0 amide bonds. The summed E-state index contributed by atoms with van der Waals surface area (Å²) < 4.78 is 77.3. The molecular formula is C28H30F6N6O3. The van der Waals surface area contributed by atoms with Crippen LogP contribution in [-0.2, 0) is 18.8 Å². The van der Waals surface area contributed by atoms with Gasteiger partial charge in [-0.25, -0.2) is 28.2 Å². The number of fused-ring (bicyclic) bond motifs is 1. The number of alkyl halides is 5. The van der Waals surface area contributed by atoms with Crippen molar-refractivity contribution in [3.8, 4) is 11.4 Å². The summed E-state index contributed by atoms with van der Waals surface area (Å²) in [5.41, 5.74) is -1.39. The minimum absolute atomic E-state index is 0.0315. The number of H-pyrrole nitrogens is 1. The summed E-state index contributed by atoms with van der Waals surface area (Å²) in [7, 11) is 1.56. The number of aromatic amines is 1. The molecule has 1 saturated carbocycles. The number of nitrogens with two attached hydrogens (primary N) is 1. The highest BCUT2D eigenvalue weighted by molar-refractivity contribution is 5.85. The quantitative estimate of drug-likeness (QED) is 0.266. The van der Waals surface area contributed by atoms with E-state index in [9.17, 15) is 41.0 Å². The molecule has 1 aliphatic carbocycles. The molecule has 0 spiro atoms. The van der Waals surface area contributed by atoms with Crippen LogP contribution in [0.1, 0.15) is 56.6 Å². The standard InChI is InChI=1S/C17H14F3N3O2.C6H12.C5H4F3N3O/c1-17(25,16(19)20)10-7-21-14(22-8-10)12-5-9-3-4-23(2)15(24)11(9)6-13(12)18;1-2-4-6-5-3-1;6-5(7,8)3-2(9)1-10-11-4(3)12/h3-8,16,25H,1-2H3;1-6H2;1H,(H3,9,11,12). The Labute approximate surface area is 241 Å². The van der Waals surface area contributed by atoms with Crippen LogP contribution in [0.15, 0.2) is 52.6 Å². The first-order chi connectivity index (χ1) is 20.1. The van der Waals surface area contributed by atoms with Crippen molar-refractivity contribution in [2.24, 2.45) is 7.05 Å². The predicted octanol–water partition coefficient (Wildman–Crippen LogP) is 5.32. The molecule has 43 heavy (non-hydrogen) atoms. The Kier molecular flexibility index (Phi) is 10.7. The zero-order valence-corrected chi connectivity index (χ0v) is 23.3. The summed E-state index contributed by atoms with van der Waals surface area (Å²) in [6.45, 7) is 0.947. The SMILES string of the molecule is C1CCCCC1.Cn1ccc2cc(-c3ncc(C(C)(O)C(F)F)cn3)c(F)cc2c1=O.Nc1cn[nH]c(=O)c1C(F)(F)F. The maximum atomic E-state index is 14.4. The molecule has 5 rings (SSSR count). The number of nitrogens with zero attached hydrogens (tertiary/aromatic N) is 4. The topological polar surface area (TPSA) is 140 Å². The number of aryl methyl sites for hydroxylation is 1. The molecule has 1 aliphatic rings. The fourth-order valence-corrected chi connectivity index (χ4v) is 4.15. The van der Waals surface area contributed by atoms with Gasteiger partial charge in [-0.3, -0.25) is 9.59 Å². The van der Waals surface area contributed by atoms with Gasteiger partial charge in [0.25, 0.3) is 17.5 Å². The lowest BCUT2D eigenvalue weighted by atomic mass is 10.00. The number of nitrogen functional groups attached to an aromatic ring is 1. The molecule has 3 aromatic heterocycles. The fraction of sp³-hybridized carbons (Fsp3) is 0.393. The highest BCUT2D eigenvalue weighted by Gasteiger charge is 2.36. The van der Waals surface area contributed by atoms with Gasteiger partial charge in [0.05, 0.1) is 22.8 Å². The third-order valence-corrected chi connectivity index (χ3v) is 6.74. The molecule has 3 heterocycles. The average molecular weight is 613 g/mol. The number of hydrogen-bond acceptors (Lipinski definition) is 7. The third-order valence-electron chi connectivity index (χ3n) is 6.74. The fourth-order valence-electron chi connectivity index (χ4n) is 4.15. The van der Waals surface area contributed by atoms with Crippen LogP contribution in [-0.4, -0.2) is 36.3 Å². The molecular weight excluding hydrogens is 582 g/mol. The zero-order valence-electron chi connectivity index (χ0n) is 23.3. The second kappa shape index (κ2) is 13.8. The maximum Gasteiger partial charge on any atom is 0.423 e. The highest BCUT2D eigenvalue weighted by atomic mass is 19.4. The monoisotopic (exact) mass is 612 g/mol. The van der Waals surface area contributed by atoms with Crippen LogP contribution >= 0.6 is 0 Å². The minimum Gasteiger partial charge on any atom is -0.397 e. The third kappa shape index (κ3) is 8.18. The van der Waals surface area contributed by atoms with E-state index in [1.807, 2.05) is 0 Å². The van der Waals surface area contributed by atoms with Gasteiger partial charge >= 0.3 is 6.18 Å². The molecule has 1 unspecified atom stereocenters. The Morgan fingerprint density at radius 3 is 2.02 bits per heavy atom. The van der Waals surface area contributed by atoms with Crippen LogP contribution < -0.4 is 16.9 Å². The number of aromatic nitrogens is 5. The van der Waals surface area contributed by atoms with Crippen LogP contribution in [0.2, 0.25) is 0 Å². The van der Waals surface area contributed by atoms with E-state index in [0.717, 1.165) is 31.6 Å². The molecule has 4 aromatic rings. The van der Waals surface area contributed by atoms with Gasteiger partial charge in [-0.05, 0) is 30.5 Å². The van der Waals surface area contributed by atoms with Gasteiger partial charge in [-0.15, -0.1) is 0 Å². The van der Waals surface area contributed by atoms with Crippen LogP contribution in [0, 0.1) is 5.82 Å². The second-order valence-corrected chi connectivity index (χ2v) is 10.0. The van der Waals surface area contributed by atoms with Gasteiger partial charge in [0.15, 0.2) is 11.4 Å². The van der Waals surface area contributed by atoms with E-state index >= 15 is 0 Å². The molecule has 1 atom stereocenters. The largest absolute Gasteiger partial charge is 0.423 e. The number of aliphatic hydroxyl groups is 1. The van der Waals surface area contributed by atoms with Crippen molar-refractivity contribution in [3.05, 3.63) is 80.6 Å². The first-order valence-corrected chi connectivity index (χ1v) is 13.2. The summed E-state index contributed by atoms with van der Waals surface area (Å²) in [4.78, 5) is 30.3. The molecule has 0 radical (unpaired) electrons. The van der Waals surface area contributed by atoms with E-state index in [4.69, 9.17) is 5.73 Å². The van der Waals surface area contributed by atoms with Gasteiger partial charge in [-0.2, -0.15) is 18.3 Å². The molecule has 15 heteroatoms. The molecule has 9 nitrogen and oxygen atoms in total. The van der Waals surface area contributed by atoms with E-state index in [-0.39, 0.29) is 27.9 Å². The number of anilines is 1. The minimum atomic E-state index is -4.74. The maximum absolute atomic E-state index is 14.4. The van der Waals surface area contributed by atoms with E-state index in [2.05, 4.69) is 15.1 Å². The summed E-state index contributed by atoms with van der Waals surface area (Å²) in [5, 5.41) is 15.2. The van der Waals surface area contributed by atoms with Crippen molar-refractivity contribution < 1.29 is 31.4 Å². The Bertz CT molecular complexity index is 1640. The molecule has 0 aliphatic heterocycles. The zero-order chi connectivity index (χ0) is 31.9. The van der Waals surface area contributed by atoms with Gasteiger partial charge in [0.2, 0.25) is 0 Å². The van der Waals surface area contributed by atoms with E-state index in [0.29, 0.717) is 5.39 Å². The molecule has 232 valence electrons. The van der Waals surface area contributed by atoms with Gasteiger partial charge in [0.1, 0.15) is 11.4 Å². The molecule has 1 fully saturated rings. The normalized spacial score (nSPS) is 14.7. The molecule has 1 aromatic carbocycles. The van der Waals surface area contributed by atoms with Gasteiger partial charge in [-0.1, -0.05) is 38.5 Å². The summed E-state index contributed by atoms with van der Waals surface area (Å²) in [6.07, 6.45) is 5.60. The van der Waals surface area contributed by atoms with Crippen molar-refractivity contribution in [2.45, 2.75) is 63.7 Å². The average Bonchev–Trinajstić information content (AvgIpc) is 2.96. The van der Waals surface area contributed by atoms with Crippen LogP contribution in [0.4, 0.5) is 32.0 Å².